The van der Waals surface area contributed by atoms with Gasteiger partial charge in [0.1, 0.15) is 5.82 Å². The van der Waals surface area contributed by atoms with Crippen molar-refractivity contribution in [1.82, 2.24) is 9.80 Å². The molecule has 1 heterocycles. The van der Waals surface area contributed by atoms with E-state index in [9.17, 15) is 4.39 Å². The zero-order chi connectivity index (χ0) is 13.7. The van der Waals surface area contributed by atoms with Crippen molar-refractivity contribution >= 4 is 0 Å². The van der Waals surface area contributed by atoms with Crippen LogP contribution in [0.25, 0.3) is 0 Å². The normalized spacial score (nSPS) is 19.5. The second kappa shape index (κ2) is 6.98. The van der Waals surface area contributed by atoms with Gasteiger partial charge in [-0.3, -0.25) is 9.80 Å². The summed E-state index contributed by atoms with van der Waals surface area (Å²) >= 11 is 0. The van der Waals surface area contributed by atoms with Crippen LogP contribution in [0.2, 0.25) is 0 Å². The maximum absolute atomic E-state index is 13.6. The van der Waals surface area contributed by atoms with Crippen LogP contribution in [0.5, 0.6) is 0 Å². The molecule has 1 N–H and O–H groups in total. The van der Waals surface area contributed by atoms with Crippen LogP contribution in [-0.4, -0.2) is 60.3 Å². The summed E-state index contributed by atoms with van der Waals surface area (Å²) in [7, 11) is 0. The molecular weight excluding hydrogens is 243 g/mol. The number of aliphatic hydroxyl groups excluding tert-OH is 1. The van der Waals surface area contributed by atoms with Gasteiger partial charge in [-0.05, 0) is 25.0 Å². The molecule has 1 aliphatic rings. The molecule has 0 aliphatic carbocycles. The van der Waals surface area contributed by atoms with Crippen molar-refractivity contribution in [1.29, 1.82) is 0 Å². The highest BCUT2D eigenvalue weighted by molar-refractivity contribution is 5.18. The summed E-state index contributed by atoms with van der Waals surface area (Å²) in [4.78, 5) is 4.67. The quantitative estimate of drug-likeness (QED) is 0.872. The average Bonchev–Trinajstić information content (AvgIpc) is 2.42. The Morgan fingerprint density at radius 1 is 1.21 bits per heavy atom. The van der Waals surface area contributed by atoms with E-state index < -0.39 is 0 Å². The number of nitrogens with zero attached hydrogens (tertiary/aromatic N) is 2. The summed E-state index contributed by atoms with van der Waals surface area (Å²) in [5, 5.41) is 8.92. The summed E-state index contributed by atoms with van der Waals surface area (Å²) in [6.07, 6.45) is 0.757. The number of β-amino-alcohol motifs (C(OH)–C–C–N with tert-alkyl or cyclic N) is 1. The molecule has 2 rings (SSSR count). The summed E-state index contributed by atoms with van der Waals surface area (Å²) < 4.78 is 13.6. The monoisotopic (exact) mass is 266 g/mol. The largest absolute Gasteiger partial charge is 0.395 e. The summed E-state index contributed by atoms with van der Waals surface area (Å²) in [5.41, 5.74) is 0.799. The van der Waals surface area contributed by atoms with Crippen molar-refractivity contribution in [2.75, 3.05) is 39.3 Å². The van der Waals surface area contributed by atoms with Gasteiger partial charge in [0, 0.05) is 38.8 Å². The van der Waals surface area contributed by atoms with Gasteiger partial charge < -0.3 is 5.11 Å². The van der Waals surface area contributed by atoms with Crippen LogP contribution in [0, 0.1) is 5.82 Å². The topological polar surface area (TPSA) is 26.7 Å². The molecular formula is C15H23FN2O. The average molecular weight is 266 g/mol. The molecule has 0 spiro atoms. The minimum Gasteiger partial charge on any atom is -0.395 e. The summed E-state index contributed by atoms with van der Waals surface area (Å²) in [6.45, 7) is 7.12. The van der Waals surface area contributed by atoms with E-state index in [-0.39, 0.29) is 12.4 Å². The van der Waals surface area contributed by atoms with E-state index in [1.54, 1.807) is 6.07 Å². The van der Waals surface area contributed by atoms with E-state index in [0.717, 1.165) is 44.7 Å². The summed E-state index contributed by atoms with van der Waals surface area (Å²) in [6, 6.07) is 7.38. The third-order valence-electron chi connectivity index (χ3n) is 3.92. The number of piperazine rings is 1. The van der Waals surface area contributed by atoms with Crippen LogP contribution in [0.3, 0.4) is 0 Å². The van der Waals surface area contributed by atoms with Crippen LogP contribution in [-0.2, 0) is 6.42 Å². The molecule has 3 nitrogen and oxygen atoms in total. The fourth-order valence-electron chi connectivity index (χ4n) is 2.68. The Labute approximate surface area is 114 Å². The Kier molecular flexibility index (Phi) is 5.31. The van der Waals surface area contributed by atoms with Crippen LogP contribution >= 0.6 is 0 Å². The van der Waals surface area contributed by atoms with Crippen molar-refractivity contribution in [3.8, 4) is 0 Å². The Morgan fingerprint density at radius 3 is 2.53 bits per heavy atom. The standard InChI is InChI=1S/C15H23FN2O/c1-13(12-14-4-2-3-5-15(14)16)18-8-6-17(7-9-18)10-11-19/h2-5,13,19H,6-12H2,1H3/t13-/m0/s1. The third-order valence-corrected chi connectivity index (χ3v) is 3.92. The predicted molar refractivity (Wildman–Crippen MR) is 74.7 cm³/mol. The first-order chi connectivity index (χ1) is 9.20. The SMILES string of the molecule is C[C@@H](Cc1ccccc1F)N1CCN(CCO)CC1. The number of hydrogen-bond donors (Lipinski definition) is 1. The zero-order valence-electron chi connectivity index (χ0n) is 11.6. The van der Waals surface area contributed by atoms with Gasteiger partial charge in [-0.1, -0.05) is 18.2 Å². The maximum atomic E-state index is 13.6. The van der Waals surface area contributed by atoms with Crippen molar-refractivity contribution in [3.05, 3.63) is 35.6 Å². The van der Waals surface area contributed by atoms with E-state index in [4.69, 9.17) is 5.11 Å². The maximum Gasteiger partial charge on any atom is 0.126 e. The Bertz CT molecular complexity index is 391. The van der Waals surface area contributed by atoms with Crippen molar-refractivity contribution in [2.24, 2.45) is 0 Å². The highest BCUT2D eigenvalue weighted by Crippen LogP contribution is 2.14. The van der Waals surface area contributed by atoms with Gasteiger partial charge in [0.2, 0.25) is 0 Å². The molecule has 1 aromatic carbocycles. The first-order valence-electron chi connectivity index (χ1n) is 7.01. The smallest absolute Gasteiger partial charge is 0.126 e. The molecule has 106 valence electrons. The molecule has 1 atom stereocenters. The van der Waals surface area contributed by atoms with Gasteiger partial charge in [0.15, 0.2) is 0 Å². The molecule has 0 saturated carbocycles. The van der Waals surface area contributed by atoms with E-state index in [2.05, 4.69) is 16.7 Å². The lowest BCUT2D eigenvalue weighted by atomic mass is 10.0. The van der Waals surface area contributed by atoms with Gasteiger partial charge >= 0.3 is 0 Å². The van der Waals surface area contributed by atoms with Crippen LogP contribution < -0.4 is 0 Å². The Balaban J connectivity index is 1.85. The van der Waals surface area contributed by atoms with Crippen LogP contribution in [0.15, 0.2) is 24.3 Å². The van der Waals surface area contributed by atoms with Gasteiger partial charge in [-0.15, -0.1) is 0 Å². The minimum atomic E-state index is -0.103. The zero-order valence-corrected chi connectivity index (χ0v) is 11.6. The molecule has 0 bridgehead atoms. The van der Waals surface area contributed by atoms with E-state index >= 15 is 0 Å². The number of rotatable bonds is 5. The van der Waals surface area contributed by atoms with Gasteiger partial charge in [-0.2, -0.15) is 0 Å². The van der Waals surface area contributed by atoms with E-state index in [1.165, 1.54) is 6.07 Å². The minimum absolute atomic E-state index is 0.103. The highest BCUT2D eigenvalue weighted by atomic mass is 19.1. The van der Waals surface area contributed by atoms with Crippen molar-refractivity contribution < 1.29 is 9.50 Å². The second-order valence-corrected chi connectivity index (χ2v) is 5.25. The van der Waals surface area contributed by atoms with E-state index in [0.29, 0.717) is 6.04 Å². The predicted octanol–water partition coefficient (Wildman–Crippen LogP) is 1.37. The number of benzene rings is 1. The molecule has 1 aliphatic heterocycles. The molecule has 1 aromatic rings. The van der Waals surface area contributed by atoms with Gasteiger partial charge in [0.25, 0.3) is 0 Å². The molecule has 0 amide bonds. The van der Waals surface area contributed by atoms with Gasteiger partial charge in [0.05, 0.1) is 6.61 Å². The molecule has 0 unspecified atom stereocenters. The summed E-state index contributed by atoms with van der Waals surface area (Å²) in [5.74, 6) is -0.103. The second-order valence-electron chi connectivity index (χ2n) is 5.25. The lowest BCUT2D eigenvalue weighted by molar-refractivity contribution is 0.0886. The number of halogens is 1. The lowest BCUT2D eigenvalue weighted by Gasteiger charge is -2.38. The van der Waals surface area contributed by atoms with Crippen molar-refractivity contribution in [2.45, 2.75) is 19.4 Å². The fraction of sp³-hybridized carbons (Fsp3) is 0.600. The fourth-order valence-corrected chi connectivity index (χ4v) is 2.68. The van der Waals surface area contributed by atoms with Crippen LogP contribution in [0.4, 0.5) is 4.39 Å². The molecule has 19 heavy (non-hydrogen) atoms. The molecule has 4 heteroatoms. The van der Waals surface area contributed by atoms with Gasteiger partial charge in [-0.25, -0.2) is 4.39 Å². The Hall–Kier alpha value is -0.970. The lowest BCUT2D eigenvalue weighted by Crippen LogP contribution is -2.50. The van der Waals surface area contributed by atoms with Crippen LogP contribution in [0.1, 0.15) is 12.5 Å². The highest BCUT2D eigenvalue weighted by Gasteiger charge is 2.21. The molecule has 1 fully saturated rings. The molecule has 0 radical (unpaired) electrons. The number of aliphatic hydroxyl groups is 1. The molecule has 0 aromatic heterocycles. The first-order valence-corrected chi connectivity index (χ1v) is 7.01. The third kappa shape index (κ3) is 4.00. The molecule has 1 saturated heterocycles. The van der Waals surface area contributed by atoms with Crippen molar-refractivity contribution in [3.63, 3.8) is 0 Å². The Morgan fingerprint density at radius 2 is 1.89 bits per heavy atom. The first kappa shape index (κ1) is 14.4. The number of hydrogen-bond acceptors (Lipinski definition) is 3. The van der Waals surface area contributed by atoms with E-state index in [1.807, 2.05) is 12.1 Å².